The van der Waals surface area contributed by atoms with Crippen molar-refractivity contribution in [3.05, 3.63) is 27.9 Å². The van der Waals surface area contributed by atoms with Gasteiger partial charge in [-0.25, -0.2) is 4.98 Å². The van der Waals surface area contributed by atoms with Gasteiger partial charge in [-0.05, 0) is 6.92 Å². The van der Waals surface area contributed by atoms with Crippen LogP contribution in [0.4, 0.5) is 11.5 Å². The number of aromatic nitrogens is 1. The fourth-order valence-electron chi connectivity index (χ4n) is 1.04. The molecule has 7 nitrogen and oxygen atoms in total. The van der Waals surface area contributed by atoms with Crippen LogP contribution in [-0.4, -0.2) is 27.7 Å². The van der Waals surface area contributed by atoms with Crippen LogP contribution in [0.3, 0.4) is 0 Å². The number of nitro groups is 1. The van der Waals surface area contributed by atoms with E-state index in [-0.39, 0.29) is 29.7 Å². The maximum Gasteiger partial charge on any atom is 0.312 e. The van der Waals surface area contributed by atoms with E-state index in [2.05, 4.69) is 10.3 Å². The smallest absolute Gasteiger partial charge is 0.312 e. The van der Waals surface area contributed by atoms with Gasteiger partial charge in [0, 0.05) is 18.3 Å². The summed E-state index contributed by atoms with van der Waals surface area (Å²) >= 11 is 0. The number of aliphatic hydroxyl groups is 1. The lowest BCUT2D eigenvalue weighted by Crippen LogP contribution is -2.20. The third-order valence-electron chi connectivity index (χ3n) is 1.85. The minimum absolute atomic E-state index is 0.0468. The standard InChI is InChI=1S/C9H10N4O3/c1-6(5-14)12-9-8(13(15)16)2-7(3-10)4-11-9/h2,4,6,14H,5H2,1H3,(H,11,12)/t6-/m1/s1. The molecule has 1 heterocycles. The fourth-order valence-corrected chi connectivity index (χ4v) is 1.04. The zero-order chi connectivity index (χ0) is 12.1. The van der Waals surface area contributed by atoms with E-state index in [9.17, 15) is 10.1 Å². The Labute approximate surface area is 91.5 Å². The van der Waals surface area contributed by atoms with E-state index in [0.29, 0.717) is 0 Å². The lowest BCUT2D eigenvalue weighted by molar-refractivity contribution is -0.384. The van der Waals surface area contributed by atoms with Crippen molar-refractivity contribution < 1.29 is 10.0 Å². The first-order valence-electron chi connectivity index (χ1n) is 4.50. The monoisotopic (exact) mass is 222 g/mol. The van der Waals surface area contributed by atoms with Gasteiger partial charge in [-0.1, -0.05) is 0 Å². The van der Waals surface area contributed by atoms with Crippen molar-refractivity contribution in [2.75, 3.05) is 11.9 Å². The SMILES string of the molecule is C[C@H](CO)Nc1ncc(C#N)cc1[N+](=O)[O-]. The van der Waals surface area contributed by atoms with Gasteiger partial charge in [-0.2, -0.15) is 5.26 Å². The van der Waals surface area contributed by atoms with Crippen molar-refractivity contribution in [1.82, 2.24) is 4.98 Å². The van der Waals surface area contributed by atoms with E-state index in [0.717, 1.165) is 6.07 Å². The molecular weight excluding hydrogens is 212 g/mol. The molecule has 1 atom stereocenters. The number of nitrogens with zero attached hydrogens (tertiary/aromatic N) is 3. The molecule has 7 heteroatoms. The largest absolute Gasteiger partial charge is 0.394 e. The molecule has 84 valence electrons. The van der Waals surface area contributed by atoms with Crippen LogP contribution in [0.5, 0.6) is 0 Å². The Morgan fingerprint density at radius 2 is 2.50 bits per heavy atom. The van der Waals surface area contributed by atoms with Crippen LogP contribution in [0, 0.1) is 21.4 Å². The van der Waals surface area contributed by atoms with Gasteiger partial charge in [0.2, 0.25) is 5.82 Å². The maximum atomic E-state index is 10.7. The van der Waals surface area contributed by atoms with Crippen molar-refractivity contribution in [1.29, 1.82) is 5.26 Å². The van der Waals surface area contributed by atoms with Gasteiger partial charge in [0.15, 0.2) is 0 Å². The molecule has 16 heavy (non-hydrogen) atoms. The maximum absolute atomic E-state index is 10.7. The third-order valence-corrected chi connectivity index (χ3v) is 1.85. The molecule has 0 aliphatic heterocycles. The molecular formula is C9H10N4O3. The summed E-state index contributed by atoms with van der Waals surface area (Å²) in [4.78, 5) is 13.9. The van der Waals surface area contributed by atoms with E-state index in [1.807, 2.05) is 0 Å². The number of hydrogen-bond donors (Lipinski definition) is 2. The molecule has 0 radical (unpaired) electrons. The second-order valence-corrected chi connectivity index (χ2v) is 3.19. The summed E-state index contributed by atoms with van der Waals surface area (Å²) in [6.45, 7) is 1.49. The molecule has 0 bridgehead atoms. The van der Waals surface area contributed by atoms with Crippen molar-refractivity contribution >= 4 is 11.5 Å². The first-order valence-corrected chi connectivity index (χ1v) is 4.50. The van der Waals surface area contributed by atoms with Crippen LogP contribution in [0.2, 0.25) is 0 Å². The van der Waals surface area contributed by atoms with Crippen LogP contribution >= 0.6 is 0 Å². The van der Waals surface area contributed by atoms with E-state index in [1.54, 1.807) is 13.0 Å². The molecule has 0 aromatic carbocycles. The number of aliphatic hydroxyl groups excluding tert-OH is 1. The molecule has 1 aromatic rings. The van der Waals surface area contributed by atoms with Gasteiger partial charge in [0.25, 0.3) is 0 Å². The van der Waals surface area contributed by atoms with Crippen LogP contribution in [0.15, 0.2) is 12.3 Å². The van der Waals surface area contributed by atoms with Crippen molar-refractivity contribution in [2.24, 2.45) is 0 Å². The van der Waals surface area contributed by atoms with Crippen LogP contribution in [0.1, 0.15) is 12.5 Å². The second kappa shape index (κ2) is 5.04. The number of nitriles is 1. The quantitative estimate of drug-likeness (QED) is 0.571. The van der Waals surface area contributed by atoms with Crippen LogP contribution in [-0.2, 0) is 0 Å². The van der Waals surface area contributed by atoms with E-state index < -0.39 is 4.92 Å². The minimum atomic E-state index is -0.625. The van der Waals surface area contributed by atoms with Crippen molar-refractivity contribution in [2.45, 2.75) is 13.0 Å². The highest BCUT2D eigenvalue weighted by Crippen LogP contribution is 2.22. The average Bonchev–Trinajstić information content (AvgIpc) is 2.29. The molecule has 0 aliphatic rings. The molecule has 0 spiro atoms. The predicted molar refractivity (Wildman–Crippen MR) is 55.8 cm³/mol. The topological polar surface area (TPSA) is 112 Å². The summed E-state index contributed by atoms with van der Waals surface area (Å²) in [7, 11) is 0. The van der Waals surface area contributed by atoms with Crippen LogP contribution in [0.25, 0.3) is 0 Å². The minimum Gasteiger partial charge on any atom is -0.394 e. The summed E-state index contributed by atoms with van der Waals surface area (Å²) in [5.41, 5.74) is -0.159. The summed E-state index contributed by atoms with van der Waals surface area (Å²) in [5, 5.41) is 30.8. The van der Waals surface area contributed by atoms with E-state index in [4.69, 9.17) is 10.4 Å². The van der Waals surface area contributed by atoms with Gasteiger partial charge >= 0.3 is 5.69 Å². The highest BCUT2D eigenvalue weighted by Gasteiger charge is 2.17. The molecule has 0 saturated carbocycles. The summed E-state index contributed by atoms with van der Waals surface area (Å²) in [5.74, 6) is 0.0468. The zero-order valence-corrected chi connectivity index (χ0v) is 8.54. The lowest BCUT2D eigenvalue weighted by Gasteiger charge is -2.11. The van der Waals surface area contributed by atoms with E-state index >= 15 is 0 Å². The second-order valence-electron chi connectivity index (χ2n) is 3.19. The number of anilines is 1. The normalized spacial score (nSPS) is 11.6. The Kier molecular flexibility index (Phi) is 3.74. The highest BCUT2D eigenvalue weighted by molar-refractivity contribution is 5.58. The first kappa shape index (κ1) is 11.9. The van der Waals surface area contributed by atoms with Crippen LogP contribution < -0.4 is 5.32 Å². The number of rotatable bonds is 4. The Hall–Kier alpha value is -2.20. The van der Waals surface area contributed by atoms with E-state index in [1.165, 1.54) is 6.20 Å². The molecule has 1 rings (SSSR count). The van der Waals surface area contributed by atoms with Gasteiger partial charge < -0.3 is 10.4 Å². The molecule has 0 amide bonds. The van der Waals surface area contributed by atoms with Gasteiger partial charge in [0.05, 0.1) is 17.1 Å². The molecule has 1 aromatic heterocycles. The first-order chi connectivity index (χ1) is 7.58. The Balaban J connectivity index is 3.09. The summed E-state index contributed by atoms with van der Waals surface area (Å²) in [6.07, 6.45) is 1.24. The molecule has 2 N–H and O–H groups in total. The highest BCUT2D eigenvalue weighted by atomic mass is 16.6. The van der Waals surface area contributed by atoms with Crippen molar-refractivity contribution in [3.8, 4) is 6.07 Å². The Morgan fingerprint density at radius 1 is 1.81 bits per heavy atom. The third kappa shape index (κ3) is 2.65. The molecule has 0 unspecified atom stereocenters. The van der Waals surface area contributed by atoms with Gasteiger partial charge in [0.1, 0.15) is 6.07 Å². The zero-order valence-electron chi connectivity index (χ0n) is 8.54. The van der Waals surface area contributed by atoms with Gasteiger partial charge in [-0.3, -0.25) is 10.1 Å². The summed E-state index contributed by atoms with van der Waals surface area (Å²) in [6, 6.07) is 2.56. The Morgan fingerprint density at radius 3 is 3.00 bits per heavy atom. The summed E-state index contributed by atoms with van der Waals surface area (Å²) < 4.78 is 0. The molecule has 0 fully saturated rings. The number of hydrogen-bond acceptors (Lipinski definition) is 6. The lowest BCUT2D eigenvalue weighted by atomic mass is 10.2. The molecule has 0 saturated heterocycles. The average molecular weight is 222 g/mol. The van der Waals surface area contributed by atoms with Crippen molar-refractivity contribution in [3.63, 3.8) is 0 Å². The fraction of sp³-hybridized carbons (Fsp3) is 0.333. The number of pyridine rings is 1. The predicted octanol–water partition coefficient (Wildman–Crippen LogP) is 0.654. The molecule has 0 aliphatic carbocycles. The van der Waals surface area contributed by atoms with Gasteiger partial charge in [-0.15, -0.1) is 0 Å². The Bertz CT molecular complexity index is 441. The number of nitrogens with one attached hydrogen (secondary N) is 1.